The first-order chi connectivity index (χ1) is 31.7. The number of aryl methyl sites for hydroxylation is 2. The second kappa shape index (κ2) is 22.1. The normalized spacial score (nSPS) is 15.4. The highest BCUT2D eigenvalue weighted by Crippen LogP contribution is 2.35. The number of carbonyl (C=O) groups excluding carboxylic acids is 3. The molecule has 3 atom stereocenters. The van der Waals surface area contributed by atoms with Gasteiger partial charge in [-0.05, 0) is 81.8 Å². The van der Waals surface area contributed by atoms with E-state index >= 15 is 0 Å². The smallest absolute Gasteiger partial charge is 0.414 e. The number of nitrogens with zero attached hydrogens (tertiary/aromatic N) is 6. The fourth-order valence-electron chi connectivity index (χ4n) is 8.07. The zero-order valence-corrected chi connectivity index (χ0v) is 40.3. The molecule has 0 bridgehead atoms. The minimum Gasteiger partial charge on any atom is -0.493 e. The Bertz CT molecular complexity index is 2610. The van der Waals surface area contributed by atoms with Crippen molar-refractivity contribution in [2.24, 2.45) is 5.92 Å². The van der Waals surface area contributed by atoms with E-state index in [1.807, 2.05) is 76.5 Å². The number of hydrogen-bond donors (Lipinski definition) is 3. The maximum atomic E-state index is 13.9. The summed E-state index contributed by atoms with van der Waals surface area (Å²) in [7, 11) is 1.68. The fraction of sp³-hybridized carbons (Fsp3) is 0.449. The van der Waals surface area contributed by atoms with Crippen LogP contribution >= 0.6 is 22.7 Å². The van der Waals surface area contributed by atoms with Crippen molar-refractivity contribution in [3.8, 4) is 27.3 Å². The quantitative estimate of drug-likeness (QED) is 0.0617. The SMILES string of the molecule is Cc1cc(C(C(=O)N2C[C@H](O)C[C@H]2C(=O)NCc2ccc(-c3scnc3C)cc2OCCCCCCCNc2nc3ccc(-c4cncc(N(C)C(=O)OC(C)C)c4)cc3s2)C(C)C)on1. The molecule has 6 aromatic rings. The van der Waals surface area contributed by atoms with Crippen LogP contribution in [0.2, 0.25) is 0 Å². The molecule has 15 nitrogen and oxygen atoms in total. The van der Waals surface area contributed by atoms with Gasteiger partial charge in [0.1, 0.15) is 23.5 Å². The Balaban J connectivity index is 0.883. The van der Waals surface area contributed by atoms with Gasteiger partial charge in [-0.15, -0.1) is 11.3 Å². The van der Waals surface area contributed by atoms with Crippen molar-refractivity contribution >= 4 is 61.6 Å². The zero-order valence-electron chi connectivity index (χ0n) is 38.7. The molecule has 2 aromatic carbocycles. The van der Waals surface area contributed by atoms with Gasteiger partial charge in [0, 0.05) is 56.5 Å². The number of β-amino-alcohol motifs (C(OH)–C–C–N with tert-alkyl or cyclic N) is 1. The van der Waals surface area contributed by atoms with Gasteiger partial charge in [-0.2, -0.15) is 0 Å². The van der Waals surface area contributed by atoms with Crippen LogP contribution in [0.4, 0.5) is 15.6 Å². The summed E-state index contributed by atoms with van der Waals surface area (Å²) in [6, 6.07) is 15.0. The maximum absolute atomic E-state index is 13.9. The highest BCUT2D eigenvalue weighted by atomic mass is 32.1. The van der Waals surface area contributed by atoms with E-state index in [-0.39, 0.29) is 43.3 Å². The largest absolute Gasteiger partial charge is 0.493 e. The third-order valence-electron chi connectivity index (χ3n) is 11.6. The molecule has 4 aromatic heterocycles. The van der Waals surface area contributed by atoms with Crippen molar-refractivity contribution in [2.75, 3.05) is 37.0 Å². The number of fused-ring (bicyclic) bond motifs is 1. The van der Waals surface area contributed by atoms with E-state index in [4.69, 9.17) is 19.0 Å². The predicted octanol–water partition coefficient (Wildman–Crippen LogP) is 9.53. The Morgan fingerprint density at radius 1 is 0.970 bits per heavy atom. The molecule has 5 heterocycles. The van der Waals surface area contributed by atoms with Crippen LogP contribution in [0, 0.1) is 19.8 Å². The van der Waals surface area contributed by atoms with E-state index in [2.05, 4.69) is 31.8 Å². The van der Waals surface area contributed by atoms with Gasteiger partial charge in [0.25, 0.3) is 0 Å². The third kappa shape index (κ3) is 11.9. The average Bonchev–Trinajstić information content (AvgIpc) is 4.11. The molecule has 3 amide bonds. The number of hydrogen-bond acceptors (Lipinski definition) is 14. The van der Waals surface area contributed by atoms with E-state index < -0.39 is 24.2 Å². The molecule has 0 spiro atoms. The van der Waals surface area contributed by atoms with Crippen LogP contribution in [-0.2, 0) is 20.9 Å². The number of aliphatic hydroxyl groups is 1. The van der Waals surface area contributed by atoms with Gasteiger partial charge in [0.2, 0.25) is 11.8 Å². The standard InChI is InChI=1S/C49H60N8O7S2/c1-29(2)44(42-19-31(5)55-64-42)47(60)57-27-38(58)23-40(57)46(59)52-25-35-14-13-34(45-32(6)53-28-65-45)21-41(35)62-18-12-10-8-9-11-17-51-48-54-39-16-15-33(22-43(39)66-48)36-20-37(26-50-24-36)56(7)49(61)63-30(3)4/h13-16,19-22,24,26,28-30,38,40,44,58H,8-12,17-18,23,25,27H2,1-7H3,(H,51,54)(H,52,59)/t38-,40+,44?/m1/s1. The number of likely N-dealkylation sites (tertiary alicyclic amines) is 1. The summed E-state index contributed by atoms with van der Waals surface area (Å²) in [5.41, 5.74) is 8.73. The molecule has 17 heteroatoms. The first-order valence-corrected chi connectivity index (χ1v) is 24.3. The number of pyridine rings is 1. The van der Waals surface area contributed by atoms with Crippen molar-refractivity contribution in [2.45, 2.75) is 111 Å². The number of aromatic nitrogens is 4. The minimum absolute atomic E-state index is 0.0706. The molecular formula is C49H60N8O7S2. The monoisotopic (exact) mass is 936 g/mol. The number of benzene rings is 2. The molecule has 1 fully saturated rings. The van der Waals surface area contributed by atoms with Gasteiger partial charge in [0.05, 0.1) is 62.7 Å². The summed E-state index contributed by atoms with van der Waals surface area (Å²) in [4.78, 5) is 57.7. The zero-order chi connectivity index (χ0) is 46.9. The Morgan fingerprint density at radius 3 is 2.50 bits per heavy atom. The second-order valence-electron chi connectivity index (χ2n) is 17.5. The van der Waals surface area contributed by atoms with Crippen molar-refractivity contribution in [1.29, 1.82) is 0 Å². The second-order valence-corrected chi connectivity index (χ2v) is 19.3. The number of aliphatic hydroxyl groups excluding tert-OH is 1. The lowest BCUT2D eigenvalue weighted by Crippen LogP contribution is -2.48. The average molecular weight is 937 g/mol. The lowest BCUT2D eigenvalue weighted by Gasteiger charge is -2.28. The van der Waals surface area contributed by atoms with Gasteiger partial charge in [-0.1, -0.05) is 67.8 Å². The summed E-state index contributed by atoms with van der Waals surface area (Å²) < 4.78 is 18.3. The Morgan fingerprint density at radius 2 is 1.76 bits per heavy atom. The number of ether oxygens (including phenoxy) is 2. The van der Waals surface area contributed by atoms with Crippen molar-refractivity contribution < 1.29 is 33.5 Å². The molecule has 1 saturated heterocycles. The Kier molecular flexibility index (Phi) is 16.0. The number of unbranched alkanes of at least 4 members (excludes halogenated alkanes) is 4. The fourth-order valence-corrected chi connectivity index (χ4v) is 9.81. The summed E-state index contributed by atoms with van der Waals surface area (Å²) in [5.74, 6) is -0.180. The van der Waals surface area contributed by atoms with Crippen LogP contribution in [0.3, 0.4) is 0 Å². The van der Waals surface area contributed by atoms with E-state index in [1.165, 1.54) is 9.80 Å². The number of carbonyl (C=O) groups is 3. The van der Waals surface area contributed by atoms with Crippen LogP contribution in [0.15, 0.2) is 71.0 Å². The molecule has 0 radical (unpaired) electrons. The first-order valence-electron chi connectivity index (χ1n) is 22.7. The molecule has 1 aliphatic heterocycles. The van der Waals surface area contributed by atoms with E-state index in [1.54, 1.807) is 55.1 Å². The maximum Gasteiger partial charge on any atom is 0.414 e. The molecule has 0 aliphatic carbocycles. The molecule has 0 saturated carbocycles. The summed E-state index contributed by atoms with van der Waals surface area (Å²) in [6.07, 6.45) is 7.15. The molecule has 1 aliphatic rings. The number of amides is 3. The van der Waals surface area contributed by atoms with Crippen LogP contribution in [0.25, 0.3) is 31.8 Å². The lowest BCUT2D eigenvalue weighted by molar-refractivity contribution is -0.141. The van der Waals surface area contributed by atoms with E-state index in [9.17, 15) is 19.5 Å². The third-order valence-corrected chi connectivity index (χ3v) is 13.5. The van der Waals surface area contributed by atoms with E-state index in [0.29, 0.717) is 29.5 Å². The number of anilines is 2. The van der Waals surface area contributed by atoms with Crippen LogP contribution in [0.5, 0.6) is 5.75 Å². The highest BCUT2D eigenvalue weighted by Gasteiger charge is 2.43. The molecule has 66 heavy (non-hydrogen) atoms. The first kappa shape index (κ1) is 48.0. The molecule has 350 valence electrons. The summed E-state index contributed by atoms with van der Waals surface area (Å²) in [5, 5.41) is 22.0. The Hall–Kier alpha value is -5.91. The van der Waals surface area contributed by atoms with Crippen LogP contribution in [0.1, 0.15) is 94.8 Å². The van der Waals surface area contributed by atoms with Crippen LogP contribution in [-0.4, -0.2) is 93.0 Å². The van der Waals surface area contributed by atoms with Gasteiger partial charge in [0.15, 0.2) is 5.13 Å². The lowest BCUT2D eigenvalue weighted by atomic mass is 9.91. The van der Waals surface area contributed by atoms with Gasteiger partial charge in [-0.25, -0.2) is 14.8 Å². The summed E-state index contributed by atoms with van der Waals surface area (Å²) >= 11 is 3.19. The molecular weight excluding hydrogens is 877 g/mol. The number of nitrogens with one attached hydrogen (secondary N) is 2. The highest BCUT2D eigenvalue weighted by molar-refractivity contribution is 7.22. The molecule has 1 unspecified atom stereocenters. The molecule has 7 rings (SSSR count). The number of rotatable bonds is 20. The molecule has 3 N–H and O–H groups in total. The van der Waals surface area contributed by atoms with Crippen molar-refractivity contribution in [3.63, 3.8) is 0 Å². The topological polar surface area (TPSA) is 185 Å². The van der Waals surface area contributed by atoms with Crippen molar-refractivity contribution in [3.05, 3.63) is 89.1 Å². The summed E-state index contributed by atoms with van der Waals surface area (Å²) in [6.45, 7) is 12.9. The van der Waals surface area contributed by atoms with Gasteiger partial charge >= 0.3 is 6.09 Å². The van der Waals surface area contributed by atoms with Crippen molar-refractivity contribution in [1.82, 2.24) is 30.3 Å². The minimum atomic E-state index is -0.822. The van der Waals surface area contributed by atoms with Gasteiger partial charge in [-0.3, -0.25) is 19.5 Å². The number of thiazole rings is 2. The van der Waals surface area contributed by atoms with Gasteiger partial charge < -0.3 is 34.6 Å². The van der Waals surface area contributed by atoms with E-state index in [0.717, 1.165) is 86.8 Å². The Labute approximate surface area is 393 Å². The predicted molar refractivity (Wildman–Crippen MR) is 259 cm³/mol. The van der Waals surface area contributed by atoms with Crippen LogP contribution < -0.4 is 20.3 Å².